The van der Waals surface area contributed by atoms with E-state index in [-0.39, 0.29) is 117 Å². The van der Waals surface area contributed by atoms with E-state index in [4.69, 9.17) is 34.2 Å². The van der Waals surface area contributed by atoms with Crippen LogP contribution in [0.25, 0.3) is 0 Å². The molecule has 3 amide bonds. The number of hydrogen-bond acceptors (Lipinski definition) is 11. The van der Waals surface area contributed by atoms with Crippen LogP contribution < -0.4 is 50.1 Å². The lowest BCUT2D eigenvalue weighted by molar-refractivity contribution is -0.130. The van der Waals surface area contributed by atoms with E-state index >= 15 is 0 Å². The summed E-state index contributed by atoms with van der Waals surface area (Å²) in [6, 6.07) is 15.2. The van der Waals surface area contributed by atoms with Crippen molar-refractivity contribution < 1.29 is 47.6 Å². The van der Waals surface area contributed by atoms with Crippen LogP contribution in [0.2, 0.25) is 0 Å². The van der Waals surface area contributed by atoms with Gasteiger partial charge in [0.05, 0.1) is 16.7 Å². The van der Waals surface area contributed by atoms with E-state index in [1.165, 1.54) is 0 Å². The molecule has 3 aromatic rings. The molecule has 68 heavy (non-hydrogen) atoms. The number of Topliss-reactive ketones (excluding diaryl/α,β-unsaturated/α-hetero) is 1. The Morgan fingerprint density at radius 3 is 1.06 bits per heavy atom. The summed E-state index contributed by atoms with van der Waals surface area (Å²) in [5, 5.41) is 9.02. The second kappa shape index (κ2) is 31.8. The van der Waals surface area contributed by atoms with Crippen molar-refractivity contribution in [1.82, 2.24) is 16.0 Å². The number of ether oxygens (including phenoxy) is 6. The van der Waals surface area contributed by atoms with E-state index in [1.807, 2.05) is 0 Å². The molecule has 366 valence electrons. The first kappa shape index (κ1) is 55.3. The summed E-state index contributed by atoms with van der Waals surface area (Å²) in [5.41, 5.74) is 5.84. The molecule has 0 saturated carbocycles. The van der Waals surface area contributed by atoms with Crippen molar-refractivity contribution in [2.45, 2.75) is 57.8 Å². The van der Waals surface area contributed by atoms with Crippen molar-refractivity contribution >= 4 is 23.5 Å². The van der Waals surface area contributed by atoms with E-state index in [1.54, 1.807) is 91.1 Å². The average molecular weight is 935 g/mol. The highest BCUT2D eigenvalue weighted by molar-refractivity contribution is 5.99. The maximum Gasteiger partial charge on any atom is 0.255 e. The van der Waals surface area contributed by atoms with Gasteiger partial charge in [0.1, 0.15) is 45.4 Å². The SMILES string of the molecule is C=CCOc1cccc(C(=O)NCCCC(CCCNC(=O)c2cccc(OCC=C)c2OCC=C)(CCCNC(=O)c2cccc(OCC=C)c2OCC=C)C(=O)CCCCN)c1OCC=C. The number of carbonyl (C=O) groups is 4. The summed E-state index contributed by atoms with van der Waals surface area (Å²) >= 11 is 0. The van der Waals surface area contributed by atoms with Gasteiger partial charge >= 0.3 is 0 Å². The molecule has 0 aromatic heterocycles. The Kier molecular flexibility index (Phi) is 25.8. The van der Waals surface area contributed by atoms with Gasteiger partial charge in [0.15, 0.2) is 34.5 Å². The van der Waals surface area contributed by atoms with Crippen LogP contribution in [0.5, 0.6) is 34.5 Å². The molecule has 0 heterocycles. The number of rotatable bonds is 38. The number of para-hydroxylation sites is 3. The molecule has 3 rings (SSSR count). The predicted octanol–water partition coefficient (Wildman–Crippen LogP) is 8.69. The minimum atomic E-state index is -0.876. The Balaban J connectivity index is 1.89. The predicted molar refractivity (Wildman–Crippen MR) is 269 cm³/mol. The fraction of sp³-hybridized carbons (Fsp3) is 0.370. The Hall–Kier alpha value is -7.06. The highest BCUT2D eigenvalue weighted by Crippen LogP contribution is 2.39. The molecule has 14 heteroatoms. The number of hydrogen-bond donors (Lipinski definition) is 4. The van der Waals surface area contributed by atoms with Gasteiger partial charge in [-0.2, -0.15) is 0 Å². The molecule has 14 nitrogen and oxygen atoms in total. The Morgan fingerprint density at radius 1 is 0.456 bits per heavy atom. The van der Waals surface area contributed by atoms with Crippen molar-refractivity contribution in [2.24, 2.45) is 11.1 Å². The number of nitrogens with two attached hydrogens (primary N) is 1. The Labute approximate surface area is 402 Å². The molecule has 0 aliphatic heterocycles. The van der Waals surface area contributed by atoms with Crippen LogP contribution in [0.3, 0.4) is 0 Å². The van der Waals surface area contributed by atoms with Crippen LogP contribution in [0.1, 0.15) is 88.9 Å². The minimum absolute atomic E-state index is 0.0569. The van der Waals surface area contributed by atoms with Gasteiger partial charge in [0.2, 0.25) is 0 Å². The van der Waals surface area contributed by atoms with Crippen LogP contribution in [0.15, 0.2) is 131 Å². The normalized spacial score (nSPS) is 10.7. The molecule has 0 saturated heterocycles. The number of unbranched alkanes of at least 4 members (excludes halogenated alkanes) is 1. The molecule has 5 N–H and O–H groups in total. The van der Waals surface area contributed by atoms with Gasteiger partial charge in [-0.3, -0.25) is 19.2 Å². The molecule has 0 aliphatic rings. The number of amides is 3. The number of carbonyl (C=O) groups excluding carboxylic acids is 4. The maximum atomic E-state index is 14.6. The molecule has 3 aromatic carbocycles. The van der Waals surface area contributed by atoms with E-state index in [0.29, 0.717) is 81.6 Å². The summed E-state index contributed by atoms with van der Waals surface area (Å²) < 4.78 is 34.9. The topological polar surface area (TPSA) is 186 Å². The van der Waals surface area contributed by atoms with Crippen LogP contribution in [-0.4, -0.2) is 89.3 Å². The zero-order valence-corrected chi connectivity index (χ0v) is 39.5. The highest BCUT2D eigenvalue weighted by atomic mass is 16.5. The summed E-state index contributed by atoms with van der Waals surface area (Å²) in [6.07, 6.45) is 13.7. The van der Waals surface area contributed by atoms with Crippen molar-refractivity contribution in [3.05, 3.63) is 147 Å². The van der Waals surface area contributed by atoms with E-state index < -0.39 is 5.41 Å². The van der Waals surface area contributed by atoms with Crippen molar-refractivity contribution in [2.75, 3.05) is 65.8 Å². The molecular formula is C54H70N4O10. The van der Waals surface area contributed by atoms with Crippen LogP contribution in [-0.2, 0) is 4.79 Å². The Morgan fingerprint density at radius 2 is 0.765 bits per heavy atom. The fourth-order valence-corrected chi connectivity index (χ4v) is 7.40. The summed E-state index contributed by atoms with van der Waals surface area (Å²) in [7, 11) is 0. The first-order chi connectivity index (χ1) is 33.1. The van der Waals surface area contributed by atoms with Gasteiger partial charge in [-0.1, -0.05) is 94.1 Å². The average Bonchev–Trinajstić information content (AvgIpc) is 3.35. The number of ketones is 1. The molecule has 0 bridgehead atoms. The molecule has 0 fully saturated rings. The molecule has 0 atom stereocenters. The van der Waals surface area contributed by atoms with Crippen molar-refractivity contribution in [3.63, 3.8) is 0 Å². The summed E-state index contributed by atoms with van der Waals surface area (Å²) in [4.78, 5) is 55.6. The third-order valence-corrected chi connectivity index (χ3v) is 10.6. The second-order valence-corrected chi connectivity index (χ2v) is 15.5. The lowest BCUT2D eigenvalue weighted by Gasteiger charge is -2.33. The third kappa shape index (κ3) is 17.6. The molecule has 0 radical (unpaired) electrons. The quantitative estimate of drug-likeness (QED) is 0.0318. The zero-order chi connectivity index (χ0) is 49.4. The molecule has 0 spiro atoms. The van der Waals surface area contributed by atoms with E-state index in [2.05, 4.69) is 55.4 Å². The maximum absolute atomic E-state index is 14.6. The minimum Gasteiger partial charge on any atom is -0.486 e. The fourth-order valence-electron chi connectivity index (χ4n) is 7.40. The Bertz CT molecular complexity index is 1930. The lowest BCUT2D eigenvalue weighted by Crippen LogP contribution is -2.36. The van der Waals surface area contributed by atoms with Crippen LogP contribution in [0, 0.1) is 5.41 Å². The molecule has 0 unspecified atom stereocenters. The monoisotopic (exact) mass is 935 g/mol. The van der Waals surface area contributed by atoms with E-state index in [0.717, 1.165) is 0 Å². The molecular weight excluding hydrogens is 865 g/mol. The molecule has 0 aliphatic carbocycles. The van der Waals surface area contributed by atoms with Crippen LogP contribution >= 0.6 is 0 Å². The van der Waals surface area contributed by atoms with Gasteiger partial charge in [-0.25, -0.2) is 0 Å². The van der Waals surface area contributed by atoms with Gasteiger partial charge < -0.3 is 50.1 Å². The van der Waals surface area contributed by atoms with Gasteiger partial charge in [-0.15, -0.1) is 0 Å². The smallest absolute Gasteiger partial charge is 0.255 e. The zero-order valence-electron chi connectivity index (χ0n) is 39.5. The third-order valence-electron chi connectivity index (χ3n) is 10.6. The second-order valence-electron chi connectivity index (χ2n) is 15.5. The first-order valence-corrected chi connectivity index (χ1v) is 23.0. The largest absolute Gasteiger partial charge is 0.486 e. The van der Waals surface area contributed by atoms with Crippen LogP contribution in [0.4, 0.5) is 0 Å². The van der Waals surface area contributed by atoms with Crippen molar-refractivity contribution in [3.8, 4) is 34.5 Å². The first-order valence-electron chi connectivity index (χ1n) is 23.0. The number of benzene rings is 3. The van der Waals surface area contributed by atoms with Gasteiger partial charge in [-0.05, 0) is 94.3 Å². The lowest BCUT2D eigenvalue weighted by atomic mass is 9.70. The standard InChI is InChI=1S/C54H70N4O10/c1-7-35-63-44-24-15-21-41(48(44)66-38-10-4)51(60)56-32-18-28-54(47(59)27-13-14-31-55,29-19-33-57-52(61)42-22-16-25-45(64-36-8-2)49(42)67-39-11-5)30-20-34-58-53(62)43-23-17-26-46(65-37-9-3)50(43)68-40-12-6/h7-12,15-17,21-26H,1-6,13-14,18-20,27-40,55H2,(H,56,60)(H,57,61)(H,58,62). The van der Waals surface area contributed by atoms with E-state index in [9.17, 15) is 19.2 Å². The van der Waals surface area contributed by atoms with Crippen molar-refractivity contribution in [1.29, 1.82) is 0 Å². The van der Waals surface area contributed by atoms with Gasteiger partial charge in [0, 0.05) is 31.5 Å². The van der Waals surface area contributed by atoms with Gasteiger partial charge in [0.25, 0.3) is 17.7 Å². The highest BCUT2D eigenvalue weighted by Gasteiger charge is 2.36. The number of nitrogens with one attached hydrogen (secondary N) is 3. The summed E-state index contributed by atoms with van der Waals surface area (Å²) in [6.45, 7) is 24.6. The summed E-state index contributed by atoms with van der Waals surface area (Å²) in [5.74, 6) is 0.972.